The molecule has 0 spiro atoms. The number of benzene rings is 1. The second-order valence-corrected chi connectivity index (χ2v) is 6.48. The highest BCUT2D eigenvalue weighted by molar-refractivity contribution is 5.94. The number of amides is 1. The molecule has 1 amide bonds. The quantitative estimate of drug-likeness (QED) is 0.733. The first kappa shape index (κ1) is 18.1. The van der Waals surface area contributed by atoms with E-state index in [0.717, 1.165) is 6.20 Å². The van der Waals surface area contributed by atoms with Gasteiger partial charge in [-0.3, -0.25) is 24.1 Å². The number of halogens is 1. The number of fused-ring (bicyclic) bond motifs is 1. The summed E-state index contributed by atoms with van der Waals surface area (Å²) in [5.74, 6) is -1.13. The molecule has 9 heteroatoms. The molecule has 1 N–H and O–H groups in total. The average molecular weight is 382 g/mol. The minimum absolute atomic E-state index is 0.00792. The molecule has 1 aliphatic rings. The predicted molar refractivity (Wildman–Crippen MR) is 101 cm³/mol. The van der Waals surface area contributed by atoms with Crippen molar-refractivity contribution in [3.63, 3.8) is 0 Å². The second-order valence-electron chi connectivity index (χ2n) is 6.48. The number of hydrogen-bond acceptors (Lipinski definition) is 4. The van der Waals surface area contributed by atoms with Crippen molar-refractivity contribution in [2.75, 3.05) is 26.2 Å². The fourth-order valence-electron chi connectivity index (χ4n) is 3.27. The fourth-order valence-corrected chi connectivity index (χ4v) is 3.27. The zero-order valence-corrected chi connectivity index (χ0v) is 14.9. The third kappa shape index (κ3) is 3.31. The lowest BCUT2D eigenvalue weighted by Gasteiger charge is -2.35. The topological polar surface area (TPSA) is 102 Å². The third-order valence-corrected chi connectivity index (χ3v) is 4.71. The number of nitrogens with one attached hydrogen (secondary N) is 1. The Morgan fingerprint density at radius 3 is 2.75 bits per heavy atom. The van der Waals surface area contributed by atoms with Gasteiger partial charge in [-0.1, -0.05) is 12.1 Å². The van der Waals surface area contributed by atoms with Crippen LogP contribution in [0.2, 0.25) is 0 Å². The number of aromatic amines is 1. The molecule has 1 fully saturated rings. The first-order valence-electron chi connectivity index (χ1n) is 8.83. The van der Waals surface area contributed by atoms with Crippen LogP contribution in [0.3, 0.4) is 0 Å². The minimum atomic E-state index is -0.713. The molecule has 1 aliphatic heterocycles. The molecule has 8 nitrogen and oxygen atoms in total. The van der Waals surface area contributed by atoms with Gasteiger partial charge in [0.25, 0.3) is 11.5 Å². The van der Waals surface area contributed by atoms with Crippen LogP contribution < -0.4 is 11.2 Å². The van der Waals surface area contributed by atoms with E-state index in [9.17, 15) is 18.8 Å². The Bertz CT molecular complexity index is 1160. The number of aromatic nitrogens is 3. The minimum Gasteiger partial charge on any atom is -0.659 e. The molecule has 0 radical (unpaired) electrons. The highest BCUT2D eigenvalue weighted by atomic mass is 19.1. The predicted octanol–water partition coefficient (Wildman–Crippen LogP) is 1.10. The smallest absolute Gasteiger partial charge is 0.329 e. The summed E-state index contributed by atoms with van der Waals surface area (Å²) in [4.78, 5) is 44.8. The monoisotopic (exact) mass is 382 g/mol. The Labute approximate surface area is 158 Å². The molecule has 4 rings (SSSR count). The van der Waals surface area contributed by atoms with Crippen molar-refractivity contribution < 1.29 is 9.18 Å². The van der Waals surface area contributed by atoms with E-state index in [0.29, 0.717) is 42.8 Å². The van der Waals surface area contributed by atoms with Crippen LogP contribution in [-0.2, 0) is 6.54 Å². The summed E-state index contributed by atoms with van der Waals surface area (Å²) in [5, 5.41) is 4.54. The summed E-state index contributed by atoms with van der Waals surface area (Å²) in [7, 11) is 0. The lowest BCUT2D eigenvalue weighted by Crippen LogP contribution is -2.39. The van der Waals surface area contributed by atoms with Gasteiger partial charge in [-0.25, -0.2) is 9.18 Å². The molecular formula is C19H17FN5O3-. The Morgan fingerprint density at radius 1 is 1.21 bits per heavy atom. The van der Waals surface area contributed by atoms with Gasteiger partial charge in [-0.05, 0) is 18.2 Å². The van der Waals surface area contributed by atoms with Gasteiger partial charge in [0.2, 0.25) is 0 Å². The van der Waals surface area contributed by atoms with Crippen molar-refractivity contribution in [1.29, 1.82) is 0 Å². The van der Waals surface area contributed by atoms with Crippen molar-refractivity contribution in [2.45, 2.75) is 6.54 Å². The number of pyridine rings is 1. The van der Waals surface area contributed by atoms with E-state index in [1.165, 1.54) is 10.6 Å². The molecule has 2 aromatic heterocycles. The maximum Gasteiger partial charge on any atom is 0.329 e. The molecule has 3 aromatic rings. The maximum absolute atomic E-state index is 14.2. The van der Waals surface area contributed by atoms with Crippen LogP contribution in [0.25, 0.3) is 16.2 Å². The van der Waals surface area contributed by atoms with Crippen molar-refractivity contribution in [3.05, 3.63) is 79.8 Å². The van der Waals surface area contributed by atoms with E-state index in [2.05, 4.69) is 15.3 Å². The van der Waals surface area contributed by atoms with Gasteiger partial charge < -0.3 is 10.2 Å². The first-order valence-corrected chi connectivity index (χ1v) is 8.83. The maximum atomic E-state index is 14.2. The Hall–Kier alpha value is -3.33. The zero-order chi connectivity index (χ0) is 19.7. The molecule has 0 aliphatic carbocycles. The van der Waals surface area contributed by atoms with Gasteiger partial charge in [0, 0.05) is 13.1 Å². The van der Waals surface area contributed by atoms with Gasteiger partial charge in [-0.15, -0.1) is 13.1 Å². The van der Waals surface area contributed by atoms with Crippen LogP contribution in [0.1, 0.15) is 16.1 Å². The normalized spacial score (nSPS) is 14.4. The van der Waals surface area contributed by atoms with Crippen LogP contribution in [0.4, 0.5) is 4.39 Å². The molecule has 3 heterocycles. The number of carbonyl (C=O) groups excluding carboxylic acids is 1. The zero-order valence-electron chi connectivity index (χ0n) is 14.9. The highest BCUT2D eigenvalue weighted by Gasteiger charge is 2.20. The number of H-pyrrole nitrogens is 1. The molecule has 28 heavy (non-hydrogen) atoms. The van der Waals surface area contributed by atoms with Gasteiger partial charge in [0.05, 0.1) is 34.9 Å². The summed E-state index contributed by atoms with van der Waals surface area (Å²) in [6, 6.07) is 8.03. The Balaban J connectivity index is 1.72. The highest BCUT2D eigenvalue weighted by Crippen LogP contribution is 2.15. The van der Waals surface area contributed by atoms with Crippen molar-refractivity contribution in [1.82, 2.24) is 19.4 Å². The number of hydrogen-bond donors (Lipinski definition) is 1. The van der Waals surface area contributed by atoms with Gasteiger partial charge in [0.15, 0.2) is 5.82 Å². The van der Waals surface area contributed by atoms with E-state index in [1.54, 1.807) is 29.2 Å². The van der Waals surface area contributed by atoms with Crippen LogP contribution in [-0.4, -0.2) is 51.5 Å². The van der Waals surface area contributed by atoms with Gasteiger partial charge >= 0.3 is 5.69 Å². The molecule has 1 aromatic carbocycles. The summed E-state index contributed by atoms with van der Waals surface area (Å²) < 4.78 is 15.6. The molecule has 0 unspecified atom stereocenters. The van der Waals surface area contributed by atoms with Gasteiger partial charge in [0.1, 0.15) is 0 Å². The number of nitrogens with zero attached hydrogens (tertiary/aromatic N) is 4. The van der Waals surface area contributed by atoms with E-state index in [4.69, 9.17) is 0 Å². The van der Waals surface area contributed by atoms with Crippen LogP contribution in [0.15, 0.2) is 46.1 Å². The average Bonchev–Trinajstić information content (AvgIpc) is 2.72. The van der Waals surface area contributed by atoms with Crippen LogP contribution in [0.5, 0.6) is 0 Å². The summed E-state index contributed by atoms with van der Waals surface area (Å²) >= 11 is 0. The molecule has 0 bridgehead atoms. The summed E-state index contributed by atoms with van der Waals surface area (Å²) in [6.45, 7) is 1.94. The second kappa shape index (κ2) is 7.35. The third-order valence-electron chi connectivity index (χ3n) is 4.71. The molecular weight excluding hydrogens is 365 g/mol. The molecule has 1 saturated heterocycles. The fraction of sp³-hybridized carbons (Fsp3) is 0.263. The van der Waals surface area contributed by atoms with Crippen LogP contribution >= 0.6 is 0 Å². The lowest BCUT2D eigenvalue weighted by atomic mass is 10.1. The van der Waals surface area contributed by atoms with Crippen LogP contribution in [0, 0.1) is 5.82 Å². The van der Waals surface area contributed by atoms with Crippen molar-refractivity contribution in [3.8, 4) is 0 Å². The number of para-hydroxylation sites is 1. The van der Waals surface area contributed by atoms with E-state index >= 15 is 0 Å². The van der Waals surface area contributed by atoms with E-state index < -0.39 is 23.0 Å². The largest absolute Gasteiger partial charge is 0.659 e. The molecule has 0 atom stereocenters. The molecule has 144 valence electrons. The summed E-state index contributed by atoms with van der Waals surface area (Å²) in [5.41, 5.74) is -0.386. The number of rotatable bonds is 3. The SMILES string of the molecule is O=C(c1cc(Cn2c(=O)[nH]c(=O)c3ccccc32)ncc1F)N1CC[N-]CC1. The summed E-state index contributed by atoms with van der Waals surface area (Å²) in [6.07, 6.45) is 0.982. The van der Waals surface area contributed by atoms with Crippen molar-refractivity contribution in [2.24, 2.45) is 0 Å². The Kier molecular flexibility index (Phi) is 4.74. The molecule has 0 saturated carbocycles. The standard InChI is InChI=1S/C19H17FN5O3/c20-15-10-22-12(9-14(15)18(27)24-7-5-21-6-8-24)11-25-16-4-2-1-3-13(16)17(26)23-19(25)28/h1-4,9-10H,5-8,11H2,(H,23,26,28)/q-1. The van der Waals surface area contributed by atoms with E-state index in [1.807, 2.05) is 0 Å². The lowest BCUT2D eigenvalue weighted by molar-refractivity contribution is 0.0753. The first-order chi connectivity index (χ1) is 13.5. The number of carbonyl (C=O) groups is 1. The van der Waals surface area contributed by atoms with E-state index in [-0.39, 0.29) is 12.1 Å². The van der Waals surface area contributed by atoms with Gasteiger partial charge in [-0.2, -0.15) is 0 Å². The Morgan fingerprint density at radius 2 is 1.96 bits per heavy atom. The van der Waals surface area contributed by atoms with Crippen molar-refractivity contribution >= 4 is 16.8 Å². The number of piperazine rings is 1.